The van der Waals surface area contributed by atoms with Crippen LogP contribution < -0.4 is 19.6 Å². The zero-order chi connectivity index (χ0) is 26.4. The van der Waals surface area contributed by atoms with Gasteiger partial charge in [-0.25, -0.2) is 9.82 Å². The lowest BCUT2D eigenvalue weighted by atomic mass is 10.2. The summed E-state index contributed by atoms with van der Waals surface area (Å²) >= 11 is 0. The second-order valence-electron chi connectivity index (χ2n) is 8.34. The van der Waals surface area contributed by atoms with E-state index in [9.17, 15) is 9.18 Å². The maximum absolute atomic E-state index is 13.4. The number of halogens is 1. The van der Waals surface area contributed by atoms with Crippen LogP contribution in [0.15, 0.2) is 77.9 Å². The highest BCUT2D eigenvalue weighted by atomic mass is 19.1. The molecule has 0 aliphatic carbocycles. The van der Waals surface area contributed by atoms with Gasteiger partial charge < -0.3 is 14.2 Å². The largest absolute Gasteiger partial charge is 0.493 e. The number of hydrogen-bond acceptors (Lipinski definition) is 6. The van der Waals surface area contributed by atoms with E-state index in [0.717, 1.165) is 5.69 Å². The number of carbonyl (C=O) groups is 1. The molecule has 0 saturated heterocycles. The van der Waals surface area contributed by atoms with Gasteiger partial charge in [-0.15, -0.1) is 0 Å². The number of benzene rings is 3. The lowest BCUT2D eigenvalue weighted by molar-refractivity contribution is 0.0954. The van der Waals surface area contributed by atoms with E-state index in [1.54, 1.807) is 29.8 Å². The fourth-order valence-electron chi connectivity index (χ4n) is 3.50. The van der Waals surface area contributed by atoms with E-state index in [1.807, 2.05) is 44.2 Å². The topological polar surface area (TPSA) is 87.0 Å². The van der Waals surface area contributed by atoms with Gasteiger partial charge in [0.05, 0.1) is 36.4 Å². The van der Waals surface area contributed by atoms with Crippen LogP contribution in [0.25, 0.3) is 5.69 Å². The number of aryl methyl sites for hydroxylation is 1. The van der Waals surface area contributed by atoms with E-state index >= 15 is 0 Å². The highest BCUT2D eigenvalue weighted by Gasteiger charge is 2.18. The van der Waals surface area contributed by atoms with Crippen LogP contribution in [0, 0.1) is 12.7 Å². The van der Waals surface area contributed by atoms with Crippen molar-refractivity contribution in [2.75, 3.05) is 7.11 Å². The summed E-state index contributed by atoms with van der Waals surface area (Å²) in [5.41, 5.74) is 4.81. The van der Waals surface area contributed by atoms with Gasteiger partial charge in [0.15, 0.2) is 11.5 Å². The van der Waals surface area contributed by atoms with Crippen LogP contribution in [0.3, 0.4) is 0 Å². The maximum atomic E-state index is 13.4. The van der Waals surface area contributed by atoms with Gasteiger partial charge in [0.2, 0.25) is 5.88 Å². The number of ether oxygens (including phenoxy) is 3. The normalized spacial score (nSPS) is 11.1. The number of hydrazone groups is 1. The Bertz CT molecular complexity index is 1400. The van der Waals surface area contributed by atoms with Gasteiger partial charge in [0.1, 0.15) is 11.6 Å². The smallest absolute Gasteiger partial charge is 0.271 e. The van der Waals surface area contributed by atoms with Crippen molar-refractivity contribution >= 4 is 12.1 Å². The number of amides is 1. The number of hydrogen-bond donors (Lipinski definition) is 1. The van der Waals surface area contributed by atoms with Crippen molar-refractivity contribution in [1.82, 2.24) is 15.2 Å². The molecule has 4 aromatic rings. The molecular weight excluding hydrogens is 475 g/mol. The molecule has 0 aliphatic rings. The molecule has 0 fully saturated rings. The summed E-state index contributed by atoms with van der Waals surface area (Å²) in [4.78, 5) is 12.7. The molecule has 1 N–H and O–H groups in total. The quantitative estimate of drug-likeness (QED) is 0.235. The lowest BCUT2D eigenvalue weighted by Crippen LogP contribution is -2.18. The maximum Gasteiger partial charge on any atom is 0.271 e. The van der Waals surface area contributed by atoms with Gasteiger partial charge in [0.25, 0.3) is 5.91 Å². The number of nitrogens with one attached hydrogen (secondary N) is 1. The average molecular weight is 503 g/mol. The molecule has 0 unspecified atom stereocenters. The minimum atomic E-state index is -0.431. The van der Waals surface area contributed by atoms with E-state index < -0.39 is 5.91 Å². The van der Waals surface area contributed by atoms with Crippen molar-refractivity contribution in [3.8, 4) is 28.8 Å². The van der Waals surface area contributed by atoms with Crippen LogP contribution in [0.4, 0.5) is 4.39 Å². The SMILES string of the molecule is COc1cc(C(=O)N/N=C/c2c(C)nn(-c3ccccc3)c2Oc2ccc(F)cc2)ccc1OC(C)C. The summed E-state index contributed by atoms with van der Waals surface area (Å²) in [5.74, 6) is 0.979. The predicted octanol–water partition coefficient (Wildman–Crippen LogP) is 5.67. The van der Waals surface area contributed by atoms with Gasteiger partial charge in [-0.2, -0.15) is 14.9 Å². The van der Waals surface area contributed by atoms with Crippen LogP contribution >= 0.6 is 0 Å². The molecule has 8 nitrogen and oxygen atoms in total. The van der Waals surface area contributed by atoms with Gasteiger partial charge in [0, 0.05) is 5.56 Å². The summed E-state index contributed by atoms with van der Waals surface area (Å²) in [6.07, 6.45) is 1.43. The van der Waals surface area contributed by atoms with Gasteiger partial charge in [-0.3, -0.25) is 4.79 Å². The van der Waals surface area contributed by atoms with Crippen molar-refractivity contribution in [1.29, 1.82) is 0 Å². The second kappa shape index (κ2) is 11.4. The number of rotatable bonds is 9. The number of aromatic nitrogens is 2. The second-order valence-corrected chi connectivity index (χ2v) is 8.34. The monoisotopic (exact) mass is 502 g/mol. The molecule has 0 bridgehead atoms. The zero-order valence-corrected chi connectivity index (χ0v) is 20.9. The zero-order valence-electron chi connectivity index (χ0n) is 20.9. The van der Waals surface area contributed by atoms with E-state index in [-0.39, 0.29) is 11.9 Å². The van der Waals surface area contributed by atoms with Gasteiger partial charge in [-0.05, 0) is 75.4 Å². The first-order valence-corrected chi connectivity index (χ1v) is 11.6. The Morgan fingerprint density at radius 1 is 1.05 bits per heavy atom. The summed E-state index contributed by atoms with van der Waals surface area (Å²) in [7, 11) is 1.51. The molecule has 37 heavy (non-hydrogen) atoms. The molecule has 0 radical (unpaired) electrons. The van der Waals surface area contributed by atoms with Crippen LogP contribution in [0.1, 0.15) is 35.5 Å². The molecule has 3 aromatic carbocycles. The van der Waals surface area contributed by atoms with Crippen molar-refractivity contribution in [2.45, 2.75) is 26.9 Å². The standard InChI is InChI=1S/C28H27FN4O4/c1-18(2)36-25-15-10-20(16-26(25)35-4)27(34)31-30-17-24-19(3)32-33(22-8-6-5-7-9-22)28(24)37-23-13-11-21(29)12-14-23/h5-18H,1-4H3,(H,31,34)/b30-17+. The van der Waals surface area contributed by atoms with Crippen molar-refractivity contribution in [3.63, 3.8) is 0 Å². The molecule has 4 rings (SSSR count). The highest BCUT2D eigenvalue weighted by Crippen LogP contribution is 2.30. The number of methoxy groups -OCH3 is 1. The Hall–Kier alpha value is -4.66. The van der Waals surface area contributed by atoms with Crippen LogP contribution in [0.2, 0.25) is 0 Å². The third kappa shape index (κ3) is 6.13. The summed E-state index contributed by atoms with van der Waals surface area (Å²) in [5, 5.41) is 8.73. The Balaban J connectivity index is 1.60. The van der Waals surface area contributed by atoms with Gasteiger partial charge >= 0.3 is 0 Å². The van der Waals surface area contributed by atoms with Crippen molar-refractivity contribution in [3.05, 3.63) is 95.4 Å². The van der Waals surface area contributed by atoms with Crippen LogP contribution in [-0.4, -0.2) is 35.1 Å². The molecular formula is C28H27FN4O4. The number of para-hydroxylation sites is 1. The summed E-state index contributed by atoms with van der Waals surface area (Å²) < 4.78 is 32.2. The van der Waals surface area contributed by atoms with E-state index in [4.69, 9.17) is 14.2 Å². The van der Waals surface area contributed by atoms with Crippen LogP contribution in [-0.2, 0) is 0 Å². The number of nitrogens with zero attached hydrogens (tertiary/aromatic N) is 3. The van der Waals surface area contributed by atoms with E-state index in [0.29, 0.717) is 39.9 Å². The first-order chi connectivity index (χ1) is 17.9. The molecule has 1 amide bonds. The summed E-state index contributed by atoms with van der Waals surface area (Å²) in [6.45, 7) is 5.62. The van der Waals surface area contributed by atoms with Crippen molar-refractivity contribution in [2.24, 2.45) is 5.10 Å². The molecule has 9 heteroatoms. The minimum Gasteiger partial charge on any atom is -0.493 e. The molecule has 1 aromatic heterocycles. The Kier molecular flexibility index (Phi) is 7.83. The molecule has 190 valence electrons. The van der Waals surface area contributed by atoms with Crippen molar-refractivity contribution < 1.29 is 23.4 Å². The number of carbonyl (C=O) groups excluding carboxylic acids is 1. The first-order valence-electron chi connectivity index (χ1n) is 11.6. The Labute approximate surface area is 214 Å². The van der Waals surface area contributed by atoms with Crippen LogP contribution in [0.5, 0.6) is 23.1 Å². The Morgan fingerprint density at radius 2 is 1.78 bits per heavy atom. The molecule has 0 atom stereocenters. The highest BCUT2D eigenvalue weighted by molar-refractivity contribution is 5.95. The summed E-state index contributed by atoms with van der Waals surface area (Å²) in [6, 6.07) is 20.0. The molecule has 0 aliphatic heterocycles. The van der Waals surface area contributed by atoms with Gasteiger partial charge in [-0.1, -0.05) is 18.2 Å². The lowest BCUT2D eigenvalue weighted by Gasteiger charge is -2.14. The fraction of sp³-hybridized carbons (Fsp3) is 0.179. The molecule has 0 spiro atoms. The van der Waals surface area contributed by atoms with E-state index in [1.165, 1.54) is 37.6 Å². The van der Waals surface area contributed by atoms with E-state index in [2.05, 4.69) is 15.6 Å². The Morgan fingerprint density at radius 3 is 2.46 bits per heavy atom. The third-order valence-electron chi connectivity index (χ3n) is 5.24. The average Bonchev–Trinajstić information content (AvgIpc) is 3.20. The molecule has 0 saturated carbocycles. The third-order valence-corrected chi connectivity index (χ3v) is 5.24. The molecule has 1 heterocycles. The first kappa shape index (κ1) is 25.4. The minimum absolute atomic E-state index is 0.0375. The predicted molar refractivity (Wildman–Crippen MR) is 139 cm³/mol. The fourth-order valence-corrected chi connectivity index (χ4v) is 3.50.